The van der Waals surface area contributed by atoms with Gasteiger partial charge < -0.3 is 14.7 Å². The zero-order chi connectivity index (χ0) is 21.4. The number of methoxy groups -OCH3 is 1. The van der Waals surface area contributed by atoms with Crippen LogP contribution in [0.4, 0.5) is 10.1 Å². The summed E-state index contributed by atoms with van der Waals surface area (Å²) in [5, 5.41) is 15.0. The van der Waals surface area contributed by atoms with Crippen molar-refractivity contribution in [2.45, 2.75) is 6.04 Å². The fourth-order valence-corrected chi connectivity index (χ4v) is 5.19. The van der Waals surface area contributed by atoms with Gasteiger partial charge in [0.15, 0.2) is 0 Å². The first kappa shape index (κ1) is 19.8. The topological polar surface area (TPSA) is 66.1 Å². The van der Waals surface area contributed by atoms with Crippen LogP contribution in [0.15, 0.2) is 54.9 Å². The third-order valence-corrected chi connectivity index (χ3v) is 6.75. The van der Waals surface area contributed by atoms with E-state index in [0.717, 1.165) is 48.1 Å². The second kappa shape index (κ2) is 8.16. The maximum atomic E-state index is 13.3. The minimum Gasteiger partial charge on any atom is -0.497 e. The van der Waals surface area contributed by atoms with Crippen molar-refractivity contribution in [2.75, 3.05) is 38.2 Å². The molecule has 1 aliphatic rings. The highest BCUT2D eigenvalue weighted by atomic mass is 32.1. The maximum Gasteiger partial charge on any atom is 0.230 e. The number of rotatable bonds is 5. The molecule has 0 spiro atoms. The van der Waals surface area contributed by atoms with Crippen LogP contribution in [0.1, 0.15) is 16.5 Å². The molecule has 1 N–H and O–H groups in total. The Balaban J connectivity index is 1.47. The molecule has 31 heavy (non-hydrogen) atoms. The molecule has 7 nitrogen and oxygen atoms in total. The summed E-state index contributed by atoms with van der Waals surface area (Å²) >= 11 is 1.44. The summed E-state index contributed by atoms with van der Waals surface area (Å²) in [4.78, 5) is 10.3. The highest BCUT2D eigenvalue weighted by molar-refractivity contribution is 7.17. The largest absolute Gasteiger partial charge is 0.497 e. The van der Waals surface area contributed by atoms with E-state index in [1.807, 2.05) is 30.3 Å². The minimum absolute atomic E-state index is 0.117. The van der Waals surface area contributed by atoms with Crippen LogP contribution in [0.2, 0.25) is 0 Å². The monoisotopic (exact) mass is 439 g/mol. The maximum absolute atomic E-state index is 13.3. The van der Waals surface area contributed by atoms with Crippen LogP contribution in [0.5, 0.6) is 11.6 Å². The number of halogens is 1. The summed E-state index contributed by atoms with van der Waals surface area (Å²) in [7, 11) is 1.65. The average molecular weight is 440 g/mol. The van der Waals surface area contributed by atoms with Crippen molar-refractivity contribution in [3.05, 3.63) is 71.1 Å². The number of anilines is 1. The summed E-state index contributed by atoms with van der Waals surface area (Å²) < 4.78 is 20.2. The van der Waals surface area contributed by atoms with Crippen molar-refractivity contribution < 1.29 is 14.2 Å². The van der Waals surface area contributed by atoms with Crippen LogP contribution < -0.4 is 9.64 Å². The number of piperazine rings is 1. The summed E-state index contributed by atoms with van der Waals surface area (Å²) in [6.07, 6.45) is 1.44. The van der Waals surface area contributed by atoms with Gasteiger partial charge in [0.2, 0.25) is 10.8 Å². The van der Waals surface area contributed by atoms with Gasteiger partial charge in [-0.2, -0.15) is 9.61 Å². The molecule has 1 saturated heterocycles. The van der Waals surface area contributed by atoms with Crippen molar-refractivity contribution in [3.63, 3.8) is 0 Å². The number of nitrogens with zero attached hydrogens (tertiary/aromatic N) is 5. The molecule has 0 radical (unpaired) electrons. The lowest BCUT2D eigenvalue weighted by Crippen LogP contribution is -2.47. The summed E-state index contributed by atoms with van der Waals surface area (Å²) in [6, 6.07) is 14.4. The number of aromatic nitrogens is 3. The Morgan fingerprint density at radius 3 is 2.58 bits per heavy atom. The highest BCUT2D eigenvalue weighted by Crippen LogP contribution is 2.40. The average Bonchev–Trinajstić information content (AvgIpc) is 3.39. The Morgan fingerprint density at radius 1 is 1.10 bits per heavy atom. The van der Waals surface area contributed by atoms with Crippen LogP contribution in [0, 0.1) is 5.82 Å². The first-order valence-corrected chi connectivity index (χ1v) is 10.9. The van der Waals surface area contributed by atoms with Crippen molar-refractivity contribution in [3.8, 4) is 11.6 Å². The van der Waals surface area contributed by atoms with E-state index < -0.39 is 0 Å². The predicted molar refractivity (Wildman–Crippen MR) is 118 cm³/mol. The van der Waals surface area contributed by atoms with Gasteiger partial charge in [0.1, 0.15) is 17.9 Å². The van der Waals surface area contributed by atoms with Crippen molar-refractivity contribution in [2.24, 2.45) is 0 Å². The van der Waals surface area contributed by atoms with Gasteiger partial charge in [-0.05, 0) is 42.0 Å². The Hall–Kier alpha value is -3.17. The number of aromatic hydroxyl groups is 1. The Kier molecular flexibility index (Phi) is 5.21. The molecule has 0 bridgehead atoms. The van der Waals surface area contributed by atoms with E-state index in [4.69, 9.17) is 4.74 Å². The van der Waals surface area contributed by atoms with Gasteiger partial charge in [0.25, 0.3) is 0 Å². The zero-order valence-electron chi connectivity index (χ0n) is 17.0. The molecular formula is C22H22FN5O2S. The molecule has 0 unspecified atom stereocenters. The summed E-state index contributed by atoms with van der Waals surface area (Å²) in [5.74, 6) is 0.657. The van der Waals surface area contributed by atoms with E-state index in [1.54, 1.807) is 7.11 Å². The molecule has 1 fully saturated rings. The molecule has 1 atom stereocenters. The van der Waals surface area contributed by atoms with E-state index >= 15 is 0 Å². The second-order valence-corrected chi connectivity index (χ2v) is 8.43. The lowest BCUT2D eigenvalue weighted by atomic mass is 10.0. The molecule has 0 saturated carbocycles. The number of hydrogen-bond acceptors (Lipinski definition) is 7. The quantitative estimate of drug-likeness (QED) is 0.513. The van der Waals surface area contributed by atoms with Gasteiger partial charge in [-0.1, -0.05) is 23.5 Å². The smallest absolute Gasteiger partial charge is 0.230 e. The first-order chi connectivity index (χ1) is 15.1. The SMILES string of the molecule is COc1cccc([C@@H](c2sc3ncnn3c2O)N2CCN(c3ccc(F)cc3)CC2)c1. The first-order valence-electron chi connectivity index (χ1n) is 10.0. The fourth-order valence-electron chi connectivity index (χ4n) is 4.10. The standard InChI is InChI=1S/C22H22FN5O2S/c1-30-18-4-2-3-15(13-18)19(20-21(29)28-22(31-20)24-14-25-28)27-11-9-26(10-12-27)17-7-5-16(23)6-8-17/h2-8,13-14,19,29H,9-12H2,1H3/t19-/m0/s1. The highest BCUT2D eigenvalue weighted by Gasteiger charge is 2.31. The number of thiazole rings is 1. The fraction of sp³-hybridized carbons (Fsp3) is 0.273. The Bertz CT molecular complexity index is 1180. The number of hydrogen-bond donors (Lipinski definition) is 1. The molecule has 5 rings (SSSR count). The van der Waals surface area contributed by atoms with Crippen molar-refractivity contribution >= 4 is 22.0 Å². The Labute approximate surface area is 182 Å². The molecule has 0 aliphatic carbocycles. The van der Waals surface area contributed by atoms with Gasteiger partial charge in [-0.15, -0.1) is 0 Å². The minimum atomic E-state index is -0.229. The second-order valence-electron chi connectivity index (χ2n) is 7.42. The molecule has 0 amide bonds. The molecule has 3 heterocycles. The van der Waals surface area contributed by atoms with Crippen LogP contribution in [0.3, 0.4) is 0 Å². The van der Waals surface area contributed by atoms with Crippen molar-refractivity contribution in [1.29, 1.82) is 0 Å². The molecule has 9 heteroatoms. The van der Waals surface area contributed by atoms with E-state index in [0.29, 0.717) is 4.96 Å². The van der Waals surface area contributed by atoms with Crippen LogP contribution in [0.25, 0.3) is 4.96 Å². The molecule has 2 aromatic carbocycles. The number of benzene rings is 2. The molecule has 1 aliphatic heterocycles. The molecule has 160 valence electrons. The number of ether oxygens (including phenoxy) is 1. The summed E-state index contributed by atoms with van der Waals surface area (Å²) in [6.45, 7) is 3.17. The van der Waals surface area contributed by atoms with Gasteiger partial charge in [-0.25, -0.2) is 9.37 Å². The van der Waals surface area contributed by atoms with E-state index in [2.05, 4.69) is 25.9 Å². The molecule has 2 aromatic heterocycles. The Morgan fingerprint density at radius 2 is 1.87 bits per heavy atom. The number of fused-ring (bicyclic) bond motifs is 1. The lowest BCUT2D eigenvalue weighted by molar-refractivity contribution is 0.211. The predicted octanol–water partition coefficient (Wildman–Crippen LogP) is 3.56. The van der Waals surface area contributed by atoms with Gasteiger partial charge >= 0.3 is 0 Å². The van der Waals surface area contributed by atoms with Crippen molar-refractivity contribution in [1.82, 2.24) is 19.5 Å². The van der Waals surface area contributed by atoms with Crippen LogP contribution in [-0.2, 0) is 0 Å². The third kappa shape index (κ3) is 3.70. The third-order valence-electron chi connectivity index (χ3n) is 5.67. The summed E-state index contributed by atoms with van der Waals surface area (Å²) in [5.41, 5.74) is 2.05. The van der Waals surface area contributed by atoms with Crippen LogP contribution >= 0.6 is 11.3 Å². The van der Waals surface area contributed by atoms with Gasteiger partial charge in [0.05, 0.1) is 18.0 Å². The van der Waals surface area contributed by atoms with Crippen LogP contribution in [-0.4, -0.2) is 57.9 Å². The normalized spacial score (nSPS) is 16.0. The lowest BCUT2D eigenvalue weighted by Gasteiger charge is -2.40. The van der Waals surface area contributed by atoms with Gasteiger partial charge in [0, 0.05) is 31.9 Å². The zero-order valence-corrected chi connectivity index (χ0v) is 17.8. The molecule has 4 aromatic rings. The van der Waals surface area contributed by atoms with Gasteiger partial charge in [-0.3, -0.25) is 4.90 Å². The van der Waals surface area contributed by atoms with E-state index in [-0.39, 0.29) is 17.7 Å². The van der Waals surface area contributed by atoms with E-state index in [1.165, 1.54) is 34.3 Å². The molecular weight excluding hydrogens is 417 g/mol. The van der Waals surface area contributed by atoms with E-state index in [9.17, 15) is 9.50 Å².